The van der Waals surface area contributed by atoms with Gasteiger partial charge in [0.2, 0.25) is 0 Å². The monoisotopic (exact) mass is 447 g/mol. The molecule has 2 aromatic carbocycles. The molecule has 0 atom stereocenters. The van der Waals surface area contributed by atoms with Gasteiger partial charge in [0.25, 0.3) is 5.91 Å². The van der Waals surface area contributed by atoms with Crippen LogP contribution in [0.2, 0.25) is 5.02 Å². The first kappa shape index (κ1) is 21.2. The molecule has 0 aliphatic rings. The van der Waals surface area contributed by atoms with E-state index in [-0.39, 0.29) is 11.7 Å². The number of carbonyl (C=O) groups is 1. The minimum Gasteiger partial charge on any atom is -0.493 e. The van der Waals surface area contributed by atoms with E-state index >= 15 is 0 Å². The second-order valence-corrected chi connectivity index (χ2v) is 8.22. The van der Waals surface area contributed by atoms with E-state index in [0.29, 0.717) is 16.5 Å². The average molecular weight is 448 g/mol. The number of aromatic nitrogens is 1. The van der Waals surface area contributed by atoms with Crippen molar-refractivity contribution in [2.75, 3.05) is 20.0 Å². The van der Waals surface area contributed by atoms with E-state index in [0.717, 1.165) is 21.2 Å². The summed E-state index contributed by atoms with van der Waals surface area (Å²) in [5, 5.41) is 6.62. The van der Waals surface area contributed by atoms with Crippen molar-refractivity contribution in [2.24, 2.45) is 5.10 Å². The van der Waals surface area contributed by atoms with Gasteiger partial charge < -0.3 is 9.47 Å². The van der Waals surface area contributed by atoms with E-state index in [1.807, 2.05) is 35.7 Å². The number of nitrogens with one attached hydrogen (secondary N) is 1. The maximum atomic E-state index is 12.0. The molecule has 1 amide bonds. The van der Waals surface area contributed by atoms with Gasteiger partial charge in [0.05, 0.1) is 31.9 Å². The molecule has 1 heterocycles. The van der Waals surface area contributed by atoms with Crippen LogP contribution in [0.4, 0.5) is 0 Å². The molecule has 1 aromatic heterocycles. The molecule has 29 heavy (non-hydrogen) atoms. The van der Waals surface area contributed by atoms with Crippen LogP contribution in [0, 0.1) is 0 Å². The van der Waals surface area contributed by atoms with Crippen molar-refractivity contribution in [3.8, 4) is 22.8 Å². The molecule has 3 aromatic rings. The summed E-state index contributed by atoms with van der Waals surface area (Å²) in [5.41, 5.74) is 5.14. The van der Waals surface area contributed by atoms with Gasteiger partial charge in [0.15, 0.2) is 15.8 Å². The average Bonchev–Trinajstić information content (AvgIpc) is 3.21. The maximum absolute atomic E-state index is 12.0. The first-order valence-electron chi connectivity index (χ1n) is 8.47. The Kier molecular flexibility index (Phi) is 7.51. The third-order valence-corrected chi connectivity index (χ3v) is 6.03. The summed E-state index contributed by atoms with van der Waals surface area (Å²) in [4.78, 5) is 16.6. The first-order chi connectivity index (χ1) is 14.1. The Morgan fingerprint density at radius 1 is 1.21 bits per heavy atom. The van der Waals surface area contributed by atoms with Crippen LogP contribution >= 0.6 is 34.7 Å². The smallest absolute Gasteiger partial charge is 0.250 e. The van der Waals surface area contributed by atoms with Crippen molar-refractivity contribution in [3.05, 3.63) is 58.4 Å². The number of thioether (sulfide) groups is 1. The Morgan fingerprint density at radius 2 is 1.97 bits per heavy atom. The fourth-order valence-corrected chi connectivity index (χ4v) is 4.10. The highest BCUT2D eigenvalue weighted by atomic mass is 35.5. The second kappa shape index (κ2) is 10.3. The molecule has 6 nitrogen and oxygen atoms in total. The lowest BCUT2D eigenvalue weighted by molar-refractivity contribution is -0.118. The number of thiazole rings is 1. The number of ether oxygens (including phenoxy) is 2. The van der Waals surface area contributed by atoms with Gasteiger partial charge >= 0.3 is 0 Å². The molecule has 0 spiro atoms. The molecule has 0 fully saturated rings. The zero-order valence-corrected chi connectivity index (χ0v) is 18.1. The Balaban J connectivity index is 1.50. The van der Waals surface area contributed by atoms with Crippen LogP contribution in [-0.2, 0) is 4.79 Å². The van der Waals surface area contributed by atoms with Gasteiger partial charge in [-0.3, -0.25) is 4.79 Å². The van der Waals surface area contributed by atoms with E-state index < -0.39 is 0 Å². The van der Waals surface area contributed by atoms with Gasteiger partial charge in [-0.2, -0.15) is 5.10 Å². The zero-order chi connectivity index (χ0) is 20.6. The zero-order valence-electron chi connectivity index (χ0n) is 15.7. The summed E-state index contributed by atoms with van der Waals surface area (Å²) in [5.74, 6) is 1.23. The number of hydrogen-bond donors (Lipinski definition) is 1. The van der Waals surface area contributed by atoms with E-state index in [4.69, 9.17) is 21.1 Å². The van der Waals surface area contributed by atoms with Gasteiger partial charge in [-0.1, -0.05) is 35.5 Å². The van der Waals surface area contributed by atoms with Crippen molar-refractivity contribution >= 4 is 46.8 Å². The molecule has 150 valence electrons. The van der Waals surface area contributed by atoms with Gasteiger partial charge in [0.1, 0.15) is 0 Å². The summed E-state index contributed by atoms with van der Waals surface area (Å²) in [6.07, 6.45) is 1.55. The molecule has 0 unspecified atom stereocenters. The summed E-state index contributed by atoms with van der Waals surface area (Å²) in [7, 11) is 3.14. The molecule has 0 saturated carbocycles. The molecule has 0 saturated heterocycles. The minimum atomic E-state index is -0.213. The number of benzene rings is 2. The lowest BCUT2D eigenvalue weighted by Gasteiger charge is -2.07. The van der Waals surface area contributed by atoms with E-state index in [2.05, 4.69) is 15.5 Å². The van der Waals surface area contributed by atoms with Crippen molar-refractivity contribution in [3.63, 3.8) is 0 Å². The first-order valence-corrected chi connectivity index (χ1v) is 10.7. The predicted octanol–water partition coefficient (Wildman–Crippen LogP) is 4.72. The molecule has 1 N–H and O–H groups in total. The highest BCUT2D eigenvalue weighted by Gasteiger charge is 2.08. The SMILES string of the molecule is COc1ccc(/C=N/NC(=O)CSc2nc(-c3ccc(Cl)cc3)cs2)cc1OC. The summed E-state index contributed by atoms with van der Waals surface area (Å²) in [6, 6.07) is 12.9. The van der Waals surface area contributed by atoms with Gasteiger partial charge in [-0.25, -0.2) is 10.4 Å². The number of amides is 1. The van der Waals surface area contributed by atoms with Gasteiger partial charge in [0, 0.05) is 16.0 Å². The molecule has 0 radical (unpaired) electrons. The van der Waals surface area contributed by atoms with Crippen LogP contribution in [-0.4, -0.2) is 37.1 Å². The normalized spacial score (nSPS) is 10.9. The number of methoxy groups -OCH3 is 2. The summed E-state index contributed by atoms with van der Waals surface area (Å²) in [6.45, 7) is 0. The maximum Gasteiger partial charge on any atom is 0.250 e. The number of rotatable bonds is 8. The number of carbonyl (C=O) groups excluding carboxylic acids is 1. The second-order valence-electron chi connectivity index (χ2n) is 5.70. The number of hydrazone groups is 1. The molecular weight excluding hydrogens is 430 g/mol. The topological polar surface area (TPSA) is 72.8 Å². The molecular formula is C20H18ClN3O3S2. The Hall–Kier alpha value is -2.55. The van der Waals surface area contributed by atoms with Crippen LogP contribution in [0.15, 0.2) is 57.3 Å². The van der Waals surface area contributed by atoms with Gasteiger partial charge in [-0.15, -0.1) is 11.3 Å². The van der Waals surface area contributed by atoms with Crippen molar-refractivity contribution < 1.29 is 14.3 Å². The molecule has 9 heteroatoms. The third kappa shape index (κ3) is 5.96. The lowest BCUT2D eigenvalue weighted by atomic mass is 10.2. The quantitative estimate of drug-likeness (QED) is 0.307. The van der Waals surface area contributed by atoms with Crippen LogP contribution < -0.4 is 14.9 Å². The van der Waals surface area contributed by atoms with Crippen LogP contribution in [0.1, 0.15) is 5.56 Å². The van der Waals surface area contributed by atoms with E-state index in [1.165, 1.54) is 23.1 Å². The predicted molar refractivity (Wildman–Crippen MR) is 119 cm³/mol. The van der Waals surface area contributed by atoms with Crippen molar-refractivity contribution in [1.29, 1.82) is 0 Å². The van der Waals surface area contributed by atoms with E-state index in [1.54, 1.807) is 32.6 Å². The van der Waals surface area contributed by atoms with E-state index in [9.17, 15) is 4.79 Å². The van der Waals surface area contributed by atoms with Crippen LogP contribution in [0.3, 0.4) is 0 Å². The number of halogens is 1. The minimum absolute atomic E-state index is 0.213. The molecule has 0 aliphatic heterocycles. The Morgan fingerprint density at radius 3 is 2.69 bits per heavy atom. The summed E-state index contributed by atoms with van der Waals surface area (Å²) < 4.78 is 11.2. The standard InChI is InChI=1S/C20H18ClN3O3S2/c1-26-17-8-3-13(9-18(17)27-2)10-22-24-19(25)12-29-20-23-16(11-28-20)14-4-6-15(21)7-5-14/h3-11H,12H2,1-2H3,(H,24,25)/b22-10+. The fraction of sp³-hybridized carbons (Fsp3) is 0.150. The highest BCUT2D eigenvalue weighted by Crippen LogP contribution is 2.29. The van der Waals surface area contributed by atoms with Gasteiger partial charge in [-0.05, 0) is 35.9 Å². The molecule has 3 rings (SSSR count). The summed E-state index contributed by atoms with van der Waals surface area (Å²) >= 11 is 8.77. The van der Waals surface area contributed by atoms with Crippen molar-refractivity contribution in [1.82, 2.24) is 10.4 Å². The number of nitrogens with zero attached hydrogens (tertiary/aromatic N) is 2. The highest BCUT2D eigenvalue weighted by molar-refractivity contribution is 8.01. The van der Waals surface area contributed by atoms with Crippen molar-refractivity contribution in [2.45, 2.75) is 4.34 Å². The number of hydrogen-bond acceptors (Lipinski definition) is 7. The Labute approximate surface area is 181 Å². The molecule has 0 bridgehead atoms. The van der Waals surface area contributed by atoms with Crippen LogP contribution in [0.25, 0.3) is 11.3 Å². The van der Waals surface area contributed by atoms with Crippen LogP contribution in [0.5, 0.6) is 11.5 Å². The third-order valence-electron chi connectivity index (χ3n) is 3.76. The Bertz CT molecular complexity index is 1010. The lowest BCUT2D eigenvalue weighted by Crippen LogP contribution is -2.19. The molecule has 0 aliphatic carbocycles. The largest absolute Gasteiger partial charge is 0.493 e. The fourth-order valence-electron chi connectivity index (χ4n) is 2.35.